The second-order valence-corrected chi connectivity index (χ2v) is 8.48. The summed E-state index contributed by atoms with van der Waals surface area (Å²) in [5.41, 5.74) is 0.804. The van der Waals surface area contributed by atoms with E-state index in [0.29, 0.717) is 19.0 Å². The molecule has 2 fully saturated rings. The highest BCUT2D eigenvalue weighted by Gasteiger charge is 2.58. The van der Waals surface area contributed by atoms with Crippen LogP contribution in [0.3, 0.4) is 0 Å². The minimum atomic E-state index is -0.573. The number of carbonyl (C=O) groups is 3. The van der Waals surface area contributed by atoms with Crippen molar-refractivity contribution in [1.82, 2.24) is 4.90 Å². The molecule has 7 nitrogen and oxygen atoms in total. The first-order chi connectivity index (χ1) is 13.1. The average molecular weight is 389 g/mol. The van der Waals surface area contributed by atoms with Crippen LogP contribution in [0, 0.1) is 5.92 Å². The molecule has 1 aromatic rings. The van der Waals surface area contributed by atoms with E-state index < -0.39 is 17.5 Å². The highest BCUT2D eigenvalue weighted by atomic mass is 16.6. The van der Waals surface area contributed by atoms with Gasteiger partial charge >= 0.3 is 18.0 Å². The van der Waals surface area contributed by atoms with E-state index in [1.807, 2.05) is 26.8 Å². The predicted molar refractivity (Wildman–Crippen MR) is 101 cm³/mol. The van der Waals surface area contributed by atoms with Gasteiger partial charge in [-0.05, 0) is 57.2 Å². The number of methoxy groups -OCH3 is 2. The Labute approximate surface area is 164 Å². The SMILES string of the molecule is COC(=O)c1ccc(C23CCN(C(=O)OC(C)(C)C)CC2C3)cc1C(=O)OC. The lowest BCUT2D eigenvalue weighted by molar-refractivity contribution is 0.0198. The van der Waals surface area contributed by atoms with Crippen molar-refractivity contribution in [3.63, 3.8) is 0 Å². The van der Waals surface area contributed by atoms with Crippen molar-refractivity contribution in [2.24, 2.45) is 5.92 Å². The summed E-state index contributed by atoms with van der Waals surface area (Å²) in [7, 11) is 2.56. The van der Waals surface area contributed by atoms with Crippen LogP contribution in [0.5, 0.6) is 0 Å². The monoisotopic (exact) mass is 389 g/mol. The van der Waals surface area contributed by atoms with Crippen molar-refractivity contribution in [3.05, 3.63) is 34.9 Å². The third kappa shape index (κ3) is 3.70. The number of benzene rings is 1. The van der Waals surface area contributed by atoms with E-state index in [9.17, 15) is 14.4 Å². The van der Waals surface area contributed by atoms with Gasteiger partial charge in [0.1, 0.15) is 5.60 Å². The Morgan fingerprint density at radius 2 is 1.71 bits per heavy atom. The molecule has 2 unspecified atom stereocenters. The van der Waals surface area contributed by atoms with Crippen LogP contribution >= 0.6 is 0 Å². The van der Waals surface area contributed by atoms with Crippen molar-refractivity contribution in [1.29, 1.82) is 0 Å². The van der Waals surface area contributed by atoms with E-state index in [0.717, 1.165) is 18.4 Å². The second kappa shape index (κ2) is 7.11. The van der Waals surface area contributed by atoms with Gasteiger partial charge in [-0.3, -0.25) is 0 Å². The molecule has 1 heterocycles. The zero-order valence-corrected chi connectivity index (χ0v) is 17.0. The lowest BCUT2D eigenvalue weighted by atomic mass is 9.85. The van der Waals surface area contributed by atoms with E-state index in [2.05, 4.69) is 0 Å². The van der Waals surface area contributed by atoms with Crippen LogP contribution < -0.4 is 0 Å². The molecule has 3 rings (SSSR count). The lowest BCUT2D eigenvalue weighted by Crippen LogP contribution is -2.43. The largest absolute Gasteiger partial charge is 0.465 e. The molecular formula is C21H27NO6. The molecule has 0 N–H and O–H groups in total. The number of hydrogen-bond acceptors (Lipinski definition) is 6. The molecule has 1 aliphatic carbocycles. The molecule has 0 spiro atoms. The van der Waals surface area contributed by atoms with Gasteiger partial charge in [0.15, 0.2) is 0 Å². The molecule has 0 bridgehead atoms. The summed E-state index contributed by atoms with van der Waals surface area (Å²) in [6.45, 7) is 6.79. The Hall–Kier alpha value is -2.57. The Morgan fingerprint density at radius 3 is 2.29 bits per heavy atom. The summed E-state index contributed by atoms with van der Waals surface area (Å²) >= 11 is 0. The molecule has 0 aromatic heterocycles. The molecule has 28 heavy (non-hydrogen) atoms. The van der Waals surface area contributed by atoms with Gasteiger partial charge in [0.25, 0.3) is 0 Å². The van der Waals surface area contributed by atoms with Gasteiger partial charge < -0.3 is 19.1 Å². The Kier molecular flexibility index (Phi) is 5.12. The van der Waals surface area contributed by atoms with Crippen LogP contribution in [-0.2, 0) is 19.6 Å². The Bertz CT molecular complexity index is 812. The maximum atomic E-state index is 12.3. The molecule has 1 aromatic carbocycles. The maximum Gasteiger partial charge on any atom is 0.410 e. The number of nitrogens with zero attached hydrogens (tertiary/aromatic N) is 1. The minimum absolute atomic E-state index is 0.0735. The van der Waals surface area contributed by atoms with Crippen LogP contribution in [0.15, 0.2) is 18.2 Å². The molecule has 7 heteroatoms. The van der Waals surface area contributed by atoms with E-state index in [-0.39, 0.29) is 22.6 Å². The predicted octanol–water partition coefficient (Wildman–Crippen LogP) is 3.16. The molecule has 2 atom stereocenters. The van der Waals surface area contributed by atoms with Crippen LogP contribution in [0.2, 0.25) is 0 Å². The first kappa shape index (κ1) is 20.2. The first-order valence-electron chi connectivity index (χ1n) is 9.40. The highest BCUT2D eigenvalue weighted by Crippen LogP contribution is 2.59. The molecule has 1 saturated carbocycles. The zero-order chi connectivity index (χ0) is 20.7. The summed E-state index contributed by atoms with van der Waals surface area (Å²) in [6.07, 6.45) is 1.43. The summed E-state index contributed by atoms with van der Waals surface area (Å²) in [5, 5.41) is 0. The molecular weight excluding hydrogens is 362 g/mol. The second-order valence-electron chi connectivity index (χ2n) is 8.48. The third-order valence-electron chi connectivity index (χ3n) is 5.56. The van der Waals surface area contributed by atoms with Crippen molar-refractivity contribution < 1.29 is 28.6 Å². The number of carbonyl (C=O) groups excluding carboxylic acids is 3. The maximum absolute atomic E-state index is 12.3. The van der Waals surface area contributed by atoms with Crippen LogP contribution in [-0.4, -0.2) is 55.8 Å². The molecule has 1 aliphatic heterocycles. The Morgan fingerprint density at radius 1 is 1.07 bits per heavy atom. The van der Waals surface area contributed by atoms with Crippen molar-refractivity contribution in [2.75, 3.05) is 27.3 Å². The van der Waals surface area contributed by atoms with Crippen molar-refractivity contribution in [3.8, 4) is 0 Å². The van der Waals surface area contributed by atoms with E-state index in [4.69, 9.17) is 14.2 Å². The van der Waals surface area contributed by atoms with Crippen LogP contribution in [0.1, 0.15) is 59.9 Å². The fraction of sp³-hybridized carbons (Fsp3) is 0.571. The summed E-state index contributed by atoms with van der Waals surface area (Å²) < 4.78 is 15.1. The van der Waals surface area contributed by atoms with Crippen molar-refractivity contribution >= 4 is 18.0 Å². The van der Waals surface area contributed by atoms with Gasteiger partial charge in [0, 0.05) is 18.5 Å². The highest BCUT2D eigenvalue weighted by molar-refractivity contribution is 6.03. The van der Waals surface area contributed by atoms with Crippen molar-refractivity contribution in [2.45, 2.75) is 44.6 Å². The van der Waals surface area contributed by atoms with Gasteiger partial charge in [-0.2, -0.15) is 0 Å². The van der Waals surface area contributed by atoms with Gasteiger partial charge in [0.05, 0.1) is 25.3 Å². The molecule has 152 valence electrons. The van der Waals surface area contributed by atoms with Gasteiger partial charge in [-0.25, -0.2) is 14.4 Å². The number of amides is 1. The number of rotatable bonds is 3. The fourth-order valence-electron chi connectivity index (χ4n) is 4.03. The topological polar surface area (TPSA) is 82.1 Å². The number of fused-ring (bicyclic) bond motifs is 1. The molecule has 2 aliphatic rings. The normalized spacial score (nSPS) is 23.5. The zero-order valence-electron chi connectivity index (χ0n) is 17.0. The number of hydrogen-bond donors (Lipinski definition) is 0. The summed E-state index contributed by atoms with van der Waals surface area (Å²) in [6, 6.07) is 5.24. The van der Waals surface area contributed by atoms with Gasteiger partial charge in [-0.1, -0.05) is 6.07 Å². The average Bonchev–Trinajstić information content (AvgIpc) is 3.39. The Balaban J connectivity index is 1.80. The first-order valence-corrected chi connectivity index (χ1v) is 9.40. The van der Waals surface area contributed by atoms with E-state index in [1.165, 1.54) is 14.2 Å². The van der Waals surface area contributed by atoms with E-state index >= 15 is 0 Å². The summed E-state index contributed by atoms with van der Waals surface area (Å²) in [5.74, 6) is -0.832. The number of piperidine rings is 1. The van der Waals surface area contributed by atoms with Gasteiger partial charge in [-0.15, -0.1) is 0 Å². The molecule has 1 amide bonds. The van der Waals surface area contributed by atoms with Crippen LogP contribution in [0.25, 0.3) is 0 Å². The van der Waals surface area contributed by atoms with E-state index in [1.54, 1.807) is 17.0 Å². The standard InChI is InChI=1S/C21H27NO6/c1-20(2,3)28-19(25)22-9-8-21(11-14(21)12-22)13-6-7-15(17(23)26-4)16(10-13)18(24)27-5/h6-7,10,14H,8-9,11-12H2,1-5H3. The fourth-order valence-corrected chi connectivity index (χ4v) is 4.03. The summed E-state index contributed by atoms with van der Waals surface area (Å²) in [4.78, 5) is 38.3. The quantitative estimate of drug-likeness (QED) is 0.583. The lowest BCUT2D eigenvalue weighted by Gasteiger charge is -2.33. The number of ether oxygens (including phenoxy) is 3. The van der Waals surface area contributed by atoms with Crippen LogP contribution in [0.4, 0.5) is 4.79 Å². The van der Waals surface area contributed by atoms with Gasteiger partial charge in [0.2, 0.25) is 0 Å². The third-order valence-corrected chi connectivity index (χ3v) is 5.56. The minimum Gasteiger partial charge on any atom is -0.465 e. The number of esters is 2. The molecule has 0 radical (unpaired) electrons. The molecule has 1 saturated heterocycles. The smallest absolute Gasteiger partial charge is 0.410 e. The number of likely N-dealkylation sites (tertiary alicyclic amines) is 1.